The van der Waals surface area contributed by atoms with Gasteiger partial charge in [0.1, 0.15) is 6.04 Å². The lowest BCUT2D eigenvalue weighted by atomic mass is 9.81. The van der Waals surface area contributed by atoms with Crippen molar-refractivity contribution in [3.63, 3.8) is 0 Å². The second-order valence-electron chi connectivity index (χ2n) is 8.52. The lowest BCUT2D eigenvalue weighted by molar-refractivity contribution is -0.141. The molecule has 0 radical (unpaired) electrons. The molecule has 0 bridgehead atoms. The number of carboxylic acid groups (broad SMARTS) is 2. The van der Waals surface area contributed by atoms with Crippen LogP contribution in [0.2, 0.25) is 0 Å². The van der Waals surface area contributed by atoms with Crippen molar-refractivity contribution < 1.29 is 19.8 Å². The molecular formula is C25H25NO4. The smallest absolute Gasteiger partial charge is 0.336 e. The first kappa shape index (κ1) is 18.9. The molecule has 0 saturated heterocycles. The van der Waals surface area contributed by atoms with Crippen LogP contribution in [0.5, 0.6) is 0 Å². The average Bonchev–Trinajstić information content (AvgIpc) is 3.11. The first-order valence-corrected chi connectivity index (χ1v) is 10.8. The number of aliphatic carboxylic acids is 1. The maximum absolute atomic E-state index is 12.3. The van der Waals surface area contributed by atoms with Gasteiger partial charge < -0.3 is 14.8 Å². The van der Waals surface area contributed by atoms with E-state index >= 15 is 0 Å². The maximum atomic E-state index is 12.3. The number of nitrogens with zero attached hydrogens (tertiary/aromatic N) is 1. The van der Waals surface area contributed by atoms with Crippen LogP contribution in [0.15, 0.2) is 42.5 Å². The van der Waals surface area contributed by atoms with Crippen molar-refractivity contribution in [1.29, 1.82) is 0 Å². The summed E-state index contributed by atoms with van der Waals surface area (Å²) in [5.74, 6) is -1.44. The van der Waals surface area contributed by atoms with Gasteiger partial charge in [0, 0.05) is 5.39 Å². The Morgan fingerprint density at radius 3 is 2.30 bits per heavy atom. The van der Waals surface area contributed by atoms with Gasteiger partial charge >= 0.3 is 11.9 Å². The van der Waals surface area contributed by atoms with Gasteiger partial charge in [0.15, 0.2) is 0 Å². The Morgan fingerprint density at radius 2 is 1.63 bits per heavy atom. The van der Waals surface area contributed by atoms with Crippen LogP contribution in [0, 0.1) is 0 Å². The molecule has 5 heteroatoms. The SMILES string of the molecule is O=C(O)c1ccc2c(C3CCCCC3)c(-c3ccccc3)n3c2c1CCC3C(=O)O. The number of carbonyl (C=O) groups is 2. The fraction of sp³-hybridized carbons (Fsp3) is 0.360. The van der Waals surface area contributed by atoms with Crippen molar-refractivity contribution in [2.45, 2.75) is 56.9 Å². The minimum atomic E-state index is -0.950. The number of hydrogen-bond donors (Lipinski definition) is 2. The highest BCUT2D eigenvalue weighted by Gasteiger charge is 2.36. The van der Waals surface area contributed by atoms with Gasteiger partial charge in [-0.25, -0.2) is 9.59 Å². The molecule has 5 rings (SSSR count). The number of aromatic carboxylic acids is 1. The second-order valence-corrected chi connectivity index (χ2v) is 8.52. The standard InChI is InChI=1S/C25H25NO4/c27-24(28)18-11-12-19-21(15-7-3-1-4-8-15)22(16-9-5-2-6-10-16)26-20(25(29)30)14-13-17(18)23(19)26/h2,5-6,9-12,15,20H,1,3-4,7-8,13-14H2,(H,27,28)(H,29,30). The van der Waals surface area contributed by atoms with Gasteiger partial charge in [-0.2, -0.15) is 0 Å². The first-order chi connectivity index (χ1) is 14.6. The minimum absolute atomic E-state index is 0.292. The molecule has 2 aliphatic rings. The fourth-order valence-electron chi connectivity index (χ4n) is 5.60. The molecule has 5 nitrogen and oxygen atoms in total. The molecule has 1 aromatic heterocycles. The summed E-state index contributed by atoms with van der Waals surface area (Å²) < 4.78 is 1.95. The normalized spacial score (nSPS) is 19.1. The van der Waals surface area contributed by atoms with Crippen LogP contribution in [-0.4, -0.2) is 26.7 Å². The molecule has 1 saturated carbocycles. The summed E-state index contributed by atoms with van der Waals surface area (Å²) >= 11 is 0. The highest BCUT2D eigenvalue weighted by atomic mass is 16.4. The minimum Gasteiger partial charge on any atom is -0.480 e. The first-order valence-electron chi connectivity index (χ1n) is 10.8. The largest absolute Gasteiger partial charge is 0.480 e. The quantitative estimate of drug-likeness (QED) is 0.592. The zero-order valence-electron chi connectivity index (χ0n) is 16.8. The lowest BCUT2D eigenvalue weighted by Crippen LogP contribution is -2.25. The molecule has 1 aliphatic heterocycles. The fourth-order valence-corrected chi connectivity index (χ4v) is 5.60. The van der Waals surface area contributed by atoms with Crippen molar-refractivity contribution in [3.8, 4) is 11.3 Å². The van der Waals surface area contributed by atoms with Gasteiger partial charge in [-0.3, -0.25) is 0 Å². The number of aromatic nitrogens is 1. The van der Waals surface area contributed by atoms with Crippen molar-refractivity contribution in [1.82, 2.24) is 4.57 Å². The van der Waals surface area contributed by atoms with Gasteiger partial charge in [0.2, 0.25) is 0 Å². The van der Waals surface area contributed by atoms with E-state index in [1.807, 2.05) is 41.0 Å². The predicted octanol–water partition coefficient (Wildman–Crippen LogP) is 5.63. The molecule has 1 aliphatic carbocycles. The van der Waals surface area contributed by atoms with Crippen LogP contribution in [0.3, 0.4) is 0 Å². The highest BCUT2D eigenvalue weighted by molar-refractivity contribution is 6.02. The molecule has 3 aromatic rings. The van der Waals surface area contributed by atoms with Crippen LogP contribution < -0.4 is 0 Å². The predicted molar refractivity (Wildman–Crippen MR) is 115 cm³/mol. The van der Waals surface area contributed by atoms with Gasteiger partial charge in [-0.15, -0.1) is 0 Å². The third-order valence-corrected chi connectivity index (χ3v) is 6.87. The molecule has 1 unspecified atom stereocenters. The Labute approximate surface area is 175 Å². The number of carboxylic acids is 2. The van der Waals surface area contributed by atoms with Crippen LogP contribution in [0.25, 0.3) is 22.2 Å². The molecule has 154 valence electrons. The van der Waals surface area contributed by atoms with Crippen LogP contribution in [0.4, 0.5) is 0 Å². The van der Waals surface area contributed by atoms with Gasteiger partial charge in [-0.1, -0.05) is 55.7 Å². The highest BCUT2D eigenvalue weighted by Crippen LogP contribution is 2.48. The van der Waals surface area contributed by atoms with Crippen LogP contribution in [-0.2, 0) is 11.2 Å². The molecule has 2 N–H and O–H groups in total. The van der Waals surface area contributed by atoms with Crippen LogP contribution >= 0.6 is 0 Å². The molecule has 1 fully saturated rings. The number of rotatable bonds is 4. The molecule has 2 aromatic carbocycles. The van der Waals surface area contributed by atoms with E-state index in [1.54, 1.807) is 6.07 Å². The third kappa shape index (κ3) is 2.83. The van der Waals surface area contributed by atoms with E-state index in [4.69, 9.17) is 0 Å². The van der Waals surface area contributed by atoms with E-state index in [0.717, 1.165) is 40.6 Å². The Morgan fingerprint density at radius 1 is 0.900 bits per heavy atom. The van der Waals surface area contributed by atoms with Crippen molar-refractivity contribution >= 4 is 22.8 Å². The Balaban J connectivity index is 1.91. The van der Waals surface area contributed by atoms with E-state index in [1.165, 1.54) is 24.8 Å². The van der Waals surface area contributed by atoms with Crippen molar-refractivity contribution in [2.75, 3.05) is 0 Å². The zero-order chi connectivity index (χ0) is 20.8. The van der Waals surface area contributed by atoms with E-state index in [-0.39, 0.29) is 0 Å². The van der Waals surface area contributed by atoms with Gasteiger partial charge in [-0.05, 0) is 54.4 Å². The Bertz CT molecular complexity index is 1140. The molecule has 0 amide bonds. The summed E-state index contributed by atoms with van der Waals surface area (Å²) in [7, 11) is 0. The van der Waals surface area contributed by atoms with E-state index in [2.05, 4.69) is 0 Å². The Hall–Kier alpha value is -3.08. The second kappa shape index (κ2) is 7.31. The monoisotopic (exact) mass is 403 g/mol. The van der Waals surface area contributed by atoms with Gasteiger partial charge in [0.25, 0.3) is 0 Å². The van der Waals surface area contributed by atoms with E-state index in [0.29, 0.717) is 24.3 Å². The van der Waals surface area contributed by atoms with E-state index in [9.17, 15) is 19.8 Å². The van der Waals surface area contributed by atoms with Crippen molar-refractivity contribution in [3.05, 3.63) is 59.2 Å². The van der Waals surface area contributed by atoms with Crippen molar-refractivity contribution in [2.24, 2.45) is 0 Å². The molecule has 0 spiro atoms. The summed E-state index contributed by atoms with van der Waals surface area (Å²) in [6, 6.07) is 12.9. The third-order valence-electron chi connectivity index (χ3n) is 6.87. The molecule has 1 atom stereocenters. The maximum Gasteiger partial charge on any atom is 0.336 e. The molecule has 30 heavy (non-hydrogen) atoms. The lowest BCUT2D eigenvalue weighted by Gasteiger charge is -2.27. The number of aryl methyl sites for hydroxylation is 1. The van der Waals surface area contributed by atoms with Crippen LogP contribution in [0.1, 0.15) is 72.0 Å². The Kier molecular flexibility index (Phi) is 4.61. The summed E-state index contributed by atoms with van der Waals surface area (Å²) in [4.78, 5) is 24.2. The molecule has 2 heterocycles. The summed E-state index contributed by atoms with van der Waals surface area (Å²) in [5.41, 5.74) is 5.06. The summed E-state index contributed by atoms with van der Waals surface area (Å²) in [6.07, 6.45) is 6.64. The number of hydrogen-bond acceptors (Lipinski definition) is 2. The topological polar surface area (TPSA) is 79.5 Å². The number of benzene rings is 2. The summed E-state index contributed by atoms with van der Waals surface area (Å²) in [5, 5.41) is 20.8. The zero-order valence-corrected chi connectivity index (χ0v) is 16.8. The summed E-state index contributed by atoms with van der Waals surface area (Å²) in [6.45, 7) is 0. The molecular weight excluding hydrogens is 378 g/mol. The van der Waals surface area contributed by atoms with E-state index < -0.39 is 18.0 Å². The average molecular weight is 403 g/mol. The van der Waals surface area contributed by atoms with Gasteiger partial charge in [0.05, 0.1) is 16.8 Å².